The maximum Gasteiger partial charge on any atom is 0.168 e. The van der Waals surface area contributed by atoms with Crippen LogP contribution < -0.4 is 4.74 Å². The molecule has 0 radical (unpaired) electrons. The minimum atomic E-state index is -0.810. The van der Waals surface area contributed by atoms with E-state index < -0.39 is 11.9 Å². The summed E-state index contributed by atoms with van der Waals surface area (Å²) in [4.78, 5) is 0. The molecule has 4 heteroatoms. The van der Waals surface area contributed by atoms with Crippen LogP contribution in [0.15, 0.2) is 42.5 Å². The van der Waals surface area contributed by atoms with Crippen LogP contribution in [0.2, 0.25) is 5.02 Å². The summed E-state index contributed by atoms with van der Waals surface area (Å²) < 4.78 is 19.2. The van der Waals surface area contributed by atoms with Gasteiger partial charge in [0, 0.05) is 10.6 Å². The molecule has 0 aliphatic heterocycles. The molecule has 0 aromatic heterocycles. The first-order valence-electron chi connectivity index (χ1n) is 5.48. The highest BCUT2D eigenvalue weighted by molar-refractivity contribution is 6.30. The van der Waals surface area contributed by atoms with Gasteiger partial charge in [-0.1, -0.05) is 29.8 Å². The van der Waals surface area contributed by atoms with Crippen LogP contribution in [0.25, 0.3) is 0 Å². The number of ether oxygens (including phenoxy) is 1. The van der Waals surface area contributed by atoms with Crippen molar-refractivity contribution in [1.29, 1.82) is 0 Å². The normalized spacial score (nSPS) is 12.2. The van der Waals surface area contributed by atoms with Gasteiger partial charge in [0.15, 0.2) is 11.6 Å². The van der Waals surface area contributed by atoms with E-state index in [2.05, 4.69) is 0 Å². The van der Waals surface area contributed by atoms with Crippen LogP contribution >= 0.6 is 11.6 Å². The third kappa shape index (κ3) is 2.81. The molecule has 0 aliphatic rings. The summed E-state index contributed by atoms with van der Waals surface area (Å²) in [7, 11) is 0. The minimum Gasteiger partial charge on any atom is -0.454 e. The Bertz CT molecular complexity index is 555. The monoisotopic (exact) mass is 266 g/mol. The Morgan fingerprint density at radius 3 is 2.61 bits per heavy atom. The van der Waals surface area contributed by atoms with Gasteiger partial charge in [-0.3, -0.25) is 0 Å². The SMILES string of the molecule is CC(O)c1cccc(F)c1Oc1cccc(Cl)c1. The summed E-state index contributed by atoms with van der Waals surface area (Å²) in [5.41, 5.74) is 0.398. The van der Waals surface area contributed by atoms with Crippen molar-refractivity contribution < 1.29 is 14.2 Å². The van der Waals surface area contributed by atoms with E-state index in [-0.39, 0.29) is 5.75 Å². The second-order valence-corrected chi connectivity index (χ2v) is 4.33. The molecule has 1 N–H and O–H groups in total. The average Bonchev–Trinajstić information content (AvgIpc) is 2.31. The van der Waals surface area contributed by atoms with E-state index in [4.69, 9.17) is 16.3 Å². The molecule has 2 nitrogen and oxygen atoms in total. The fourth-order valence-electron chi connectivity index (χ4n) is 1.61. The number of aliphatic hydroxyl groups is 1. The van der Waals surface area contributed by atoms with Crippen molar-refractivity contribution in [2.24, 2.45) is 0 Å². The number of hydrogen-bond acceptors (Lipinski definition) is 2. The number of benzene rings is 2. The molecule has 2 aromatic carbocycles. The van der Waals surface area contributed by atoms with Crippen molar-refractivity contribution in [2.75, 3.05) is 0 Å². The highest BCUT2D eigenvalue weighted by atomic mass is 35.5. The summed E-state index contributed by atoms with van der Waals surface area (Å²) in [6.45, 7) is 1.56. The Morgan fingerprint density at radius 2 is 1.94 bits per heavy atom. The lowest BCUT2D eigenvalue weighted by Gasteiger charge is -2.13. The molecule has 2 rings (SSSR count). The Morgan fingerprint density at radius 1 is 1.22 bits per heavy atom. The van der Waals surface area contributed by atoms with E-state index in [1.54, 1.807) is 37.3 Å². The summed E-state index contributed by atoms with van der Waals surface area (Å²) in [6.07, 6.45) is -0.810. The van der Waals surface area contributed by atoms with Gasteiger partial charge in [0.1, 0.15) is 5.75 Å². The highest BCUT2D eigenvalue weighted by Crippen LogP contribution is 2.32. The molecular weight excluding hydrogens is 255 g/mol. The van der Waals surface area contributed by atoms with Crippen LogP contribution in [0.3, 0.4) is 0 Å². The molecule has 0 heterocycles. The Balaban J connectivity index is 2.39. The molecule has 0 fully saturated rings. The molecule has 0 saturated carbocycles. The number of rotatable bonds is 3. The topological polar surface area (TPSA) is 29.5 Å². The van der Waals surface area contributed by atoms with Crippen molar-refractivity contribution >= 4 is 11.6 Å². The molecule has 0 amide bonds. The third-order valence-electron chi connectivity index (χ3n) is 2.46. The second kappa shape index (κ2) is 5.38. The van der Waals surface area contributed by atoms with Crippen molar-refractivity contribution in [3.8, 4) is 11.5 Å². The largest absolute Gasteiger partial charge is 0.454 e. The quantitative estimate of drug-likeness (QED) is 0.896. The molecule has 0 aliphatic carbocycles. The standard InChI is InChI=1S/C14H12ClFO2/c1-9(17)12-6-3-7-13(16)14(12)18-11-5-2-4-10(15)8-11/h2-9,17H,1H3. The Kier molecular flexibility index (Phi) is 3.84. The van der Waals surface area contributed by atoms with Gasteiger partial charge in [0.05, 0.1) is 6.10 Å². The molecule has 0 bridgehead atoms. The van der Waals surface area contributed by atoms with Gasteiger partial charge < -0.3 is 9.84 Å². The summed E-state index contributed by atoms with van der Waals surface area (Å²) in [6, 6.07) is 11.1. The smallest absolute Gasteiger partial charge is 0.168 e. The first-order valence-corrected chi connectivity index (χ1v) is 5.85. The zero-order valence-corrected chi connectivity index (χ0v) is 10.5. The molecule has 2 aromatic rings. The van der Waals surface area contributed by atoms with Gasteiger partial charge in [0.2, 0.25) is 0 Å². The predicted octanol–water partition coefficient (Wildman–Crippen LogP) is 4.32. The van der Waals surface area contributed by atoms with Gasteiger partial charge in [-0.05, 0) is 31.2 Å². The zero-order chi connectivity index (χ0) is 13.1. The summed E-state index contributed by atoms with van der Waals surface area (Å²) >= 11 is 5.83. The van der Waals surface area contributed by atoms with E-state index >= 15 is 0 Å². The van der Waals surface area contributed by atoms with Gasteiger partial charge in [-0.15, -0.1) is 0 Å². The molecule has 94 valence electrons. The molecule has 0 spiro atoms. The van der Waals surface area contributed by atoms with Crippen molar-refractivity contribution in [3.63, 3.8) is 0 Å². The number of halogens is 2. The molecule has 1 unspecified atom stereocenters. The minimum absolute atomic E-state index is 0.0229. The van der Waals surface area contributed by atoms with Crippen molar-refractivity contribution in [1.82, 2.24) is 0 Å². The number of para-hydroxylation sites is 1. The lowest BCUT2D eigenvalue weighted by atomic mass is 10.1. The number of hydrogen-bond donors (Lipinski definition) is 1. The Labute approximate surface area is 110 Å². The predicted molar refractivity (Wildman–Crippen MR) is 68.6 cm³/mol. The van der Waals surface area contributed by atoms with Crippen LogP contribution in [-0.2, 0) is 0 Å². The van der Waals surface area contributed by atoms with Gasteiger partial charge in [0.25, 0.3) is 0 Å². The first kappa shape index (κ1) is 12.9. The van der Waals surface area contributed by atoms with E-state index in [1.165, 1.54) is 12.1 Å². The van der Waals surface area contributed by atoms with Crippen LogP contribution in [-0.4, -0.2) is 5.11 Å². The molecule has 1 atom stereocenters. The maximum absolute atomic E-state index is 13.7. The van der Waals surface area contributed by atoms with E-state index in [0.29, 0.717) is 16.3 Å². The fraction of sp³-hybridized carbons (Fsp3) is 0.143. The lowest BCUT2D eigenvalue weighted by Crippen LogP contribution is -1.98. The van der Waals surface area contributed by atoms with Crippen LogP contribution in [0, 0.1) is 5.82 Å². The van der Waals surface area contributed by atoms with E-state index in [0.717, 1.165) is 0 Å². The molecule has 18 heavy (non-hydrogen) atoms. The van der Waals surface area contributed by atoms with Crippen molar-refractivity contribution in [2.45, 2.75) is 13.0 Å². The third-order valence-corrected chi connectivity index (χ3v) is 2.70. The summed E-state index contributed by atoms with van der Waals surface area (Å²) in [5.74, 6) is -0.0716. The van der Waals surface area contributed by atoms with E-state index in [9.17, 15) is 9.50 Å². The Hall–Kier alpha value is -1.58. The van der Waals surface area contributed by atoms with Crippen LogP contribution in [0.1, 0.15) is 18.6 Å². The van der Waals surface area contributed by atoms with Crippen LogP contribution in [0.5, 0.6) is 11.5 Å². The van der Waals surface area contributed by atoms with Crippen molar-refractivity contribution in [3.05, 3.63) is 58.9 Å². The molecular formula is C14H12ClFO2. The van der Waals surface area contributed by atoms with Gasteiger partial charge in [-0.2, -0.15) is 0 Å². The second-order valence-electron chi connectivity index (χ2n) is 3.89. The molecule has 0 saturated heterocycles. The maximum atomic E-state index is 13.7. The fourth-order valence-corrected chi connectivity index (χ4v) is 1.79. The highest BCUT2D eigenvalue weighted by Gasteiger charge is 2.14. The average molecular weight is 267 g/mol. The van der Waals surface area contributed by atoms with Crippen LogP contribution in [0.4, 0.5) is 4.39 Å². The van der Waals surface area contributed by atoms with Gasteiger partial charge >= 0.3 is 0 Å². The lowest BCUT2D eigenvalue weighted by molar-refractivity contribution is 0.194. The summed E-state index contributed by atoms with van der Waals surface area (Å²) in [5, 5.41) is 10.1. The van der Waals surface area contributed by atoms with E-state index in [1.807, 2.05) is 0 Å². The zero-order valence-electron chi connectivity index (χ0n) is 9.73. The van der Waals surface area contributed by atoms with Gasteiger partial charge in [-0.25, -0.2) is 4.39 Å². The first-order chi connectivity index (χ1) is 8.58. The number of aliphatic hydroxyl groups excluding tert-OH is 1.